The standard InChI is InChI=1S/C9H9F2N3O2.C2H6/c10-9(11)5-13-7-2-1-3-8(14(15)16)6(7)4-12;1-2/h1-4,9,12-13H,5H2;1-2H3. The van der Waals surface area contributed by atoms with Crippen LogP contribution in [0.3, 0.4) is 0 Å². The van der Waals surface area contributed by atoms with Crippen LogP contribution in [-0.4, -0.2) is 24.1 Å². The zero-order chi connectivity index (χ0) is 14.1. The number of rotatable bonds is 5. The van der Waals surface area contributed by atoms with E-state index in [0.29, 0.717) is 0 Å². The summed E-state index contributed by atoms with van der Waals surface area (Å²) in [6, 6.07) is 4.00. The van der Waals surface area contributed by atoms with Gasteiger partial charge in [0.05, 0.1) is 22.7 Å². The van der Waals surface area contributed by atoms with Gasteiger partial charge in [0.2, 0.25) is 0 Å². The molecule has 2 N–H and O–H groups in total. The maximum absolute atomic E-state index is 12.0. The predicted octanol–water partition coefficient (Wildman–Crippen LogP) is 3.30. The van der Waals surface area contributed by atoms with Gasteiger partial charge in [0, 0.05) is 12.3 Å². The van der Waals surface area contributed by atoms with Crippen molar-refractivity contribution in [2.45, 2.75) is 20.3 Å². The smallest absolute Gasteiger partial charge is 0.280 e. The van der Waals surface area contributed by atoms with Gasteiger partial charge in [-0.3, -0.25) is 10.1 Å². The first kappa shape index (κ1) is 16.0. The lowest BCUT2D eigenvalue weighted by Crippen LogP contribution is -2.12. The Hall–Kier alpha value is -2.05. The zero-order valence-corrected chi connectivity index (χ0v) is 10.1. The molecule has 0 heterocycles. The van der Waals surface area contributed by atoms with Crippen molar-refractivity contribution < 1.29 is 13.7 Å². The number of alkyl halides is 2. The van der Waals surface area contributed by atoms with Gasteiger partial charge in [0.25, 0.3) is 12.1 Å². The van der Waals surface area contributed by atoms with Crippen LogP contribution in [0.5, 0.6) is 0 Å². The minimum absolute atomic E-state index is 0.00634. The van der Waals surface area contributed by atoms with Crippen molar-refractivity contribution >= 4 is 17.6 Å². The molecular formula is C11H15F2N3O2. The Morgan fingerprint density at radius 1 is 1.50 bits per heavy atom. The minimum Gasteiger partial charge on any atom is -0.379 e. The summed E-state index contributed by atoms with van der Waals surface area (Å²) in [7, 11) is 0. The molecule has 0 aliphatic rings. The molecule has 1 rings (SSSR count). The van der Waals surface area contributed by atoms with Gasteiger partial charge in [-0.1, -0.05) is 19.9 Å². The highest BCUT2D eigenvalue weighted by atomic mass is 19.3. The maximum atomic E-state index is 12.0. The molecule has 18 heavy (non-hydrogen) atoms. The molecule has 0 saturated carbocycles. The molecule has 5 nitrogen and oxygen atoms in total. The molecule has 0 aromatic heterocycles. The van der Waals surface area contributed by atoms with Gasteiger partial charge in [-0.2, -0.15) is 0 Å². The number of benzene rings is 1. The number of nitrogens with zero attached hydrogens (tertiary/aromatic N) is 1. The largest absolute Gasteiger partial charge is 0.379 e. The third kappa shape index (κ3) is 4.44. The van der Waals surface area contributed by atoms with Gasteiger partial charge in [0.15, 0.2) is 0 Å². The third-order valence-corrected chi connectivity index (χ3v) is 1.87. The molecule has 0 saturated heterocycles. The first-order valence-electron chi connectivity index (χ1n) is 5.36. The zero-order valence-electron chi connectivity index (χ0n) is 10.1. The monoisotopic (exact) mass is 259 g/mol. The van der Waals surface area contributed by atoms with Crippen molar-refractivity contribution in [2.24, 2.45) is 0 Å². The predicted molar refractivity (Wildman–Crippen MR) is 66.8 cm³/mol. The molecule has 0 radical (unpaired) electrons. The Morgan fingerprint density at radius 2 is 2.11 bits per heavy atom. The van der Waals surface area contributed by atoms with Gasteiger partial charge >= 0.3 is 0 Å². The van der Waals surface area contributed by atoms with E-state index in [1.165, 1.54) is 18.2 Å². The summed E-state index contributed by atoms with van der Waals surface area (Å²) >= 11 is 0. The molecule has 0 unspecified atom stereocenters. The van der Waals surface area contributed by atoms with E-state index in [0.717, 1.165) is 6.21 Å². The van der Waals surface area contributed by atoms with Crippen LogP contribution in [0.25, 0.3) is 0 Å². The third-order valence-electron chi connectivity index (χ3n) is 1.87. The Morgan fingerprint density at radius 3 is 2.56 bits per heavy atom. The van der Waals surface area contributed by atoms with E-state index in [-0.39, 0.29) is 16.9 Å². The molecule has 0 amide bonds. The first-order valence-corrected chi connectivity index (χ1v) is 5.36. The second-order valence-electron chi connectivity index (χ2n) is 2.91. The summed E-state index contributed by atoms with van der Waals surface area (Å²) in [4.78, 5) is 9.94. The fourth-order valence-corrected chi connectivity index (χ4v) is 1.21. The lowest BCUT2D eigenvalue weighted by Gasteiger charge is -2.08. The molecule has 0 fully saturated rings. The van der Waals surface area contributed by atoms with Crippen LogP contribution >= 0.6 is 0 Å². The minimum atomic E-state index is -2.56. The summed E-state index contributed by atoms with van der Waals surface area (Å²) in [5, 5.41) is 20.0. The average Bonchev–Trinajstić information content (AvgIpc) is 2.37. The normalized spacial score (nSPS) is 9.39. The van der Waals surface area contributed by atoms with E-state index >= 15 is 0 Å². The summed E-state index contributed by atoms with van der Waals surface area (Å²) in [5.41, 5.74) is -0.132. The highest BCUT2D eigenvalue weighted by Gasteiger charge is 2.15. The fourth-order valence-electron chi connectivity index (χ4n) is 1.21. The van der Waals surface area contributed by atoms with E-state index in [9.17, 15) is 18.9 Å². The Bertz CT molecular complexity index is 411. The SMILES string of the molecule is CC.N=Cc1c(NCC(F)F)cccc1[N+](=O)[O-]. The van der Waals surface area contributed by atoms with Crippen molar-refractivity contribution in [3.05, 3.63) is 33.9 Å². The van der Waals surface area contributed by atoms with Crippen LogP contribution in [0, 0.1) is 15.5 Å². The molecular weight excluding hydrogens is 244 g/mol. The quantitative estimate of drug-likeness (QED) is 0.483. The van der Waals surface area contributed by atoms with Gasteiger partial charge in [0.1, 0.15) is 0 Å². The second-order valence-corrected chi connectivity index (χ2v) is 2.91. The molecule has 0 bridgehead atoms. The lowest BCUT2D eigenvalue weighted by atomic mass is 10.1. The maximum Gasteiger partial charge on any atom is 0.280 e. The molecule has 0 aliphatic heterocycles. The first-order chi connectivity index (χ1) is 8.56. The Labute approximate surface area is 103 Å². The number of nitro groups is 1. The Balaban J connectivity index is 0.00000137. The molecule has 1 aromatic rings. The van der Waals surface area contributed by atoms with Crippen molar-refractivity contribution in [1.29, 1.82) is 5.41 Å². The lowest BCUT2D eigenvalue weighted by molar-refractivity contribution is -0.384. The van der Waals surface area contributed by atoms with E-state index in [2.05, 4.69) is 5.32 Å². The van der Waals surface area contributed by atoms with Crippen molar-refractivity contribution in [3.8, 4) is 0 Å². The van der Waals surface area contributed by atoms with E-state index < -0.39 is 17.9 Å². The van der Waals surface area contributed by atoms with Gasteiger partial charge in [-0.25, -0.2) is 8.78 Å². The van der Waals surface area contributed by atoms with Crippen LogP contribution in [0.15, 0.2) is 18.2 Å². The van der Waals surface area contributed by atoms with Crippen LogP contribution in [0.1, 0.15) is 19.4 Å². The fraction of sp³-hybridized carbons (Fsp3) is 0.364. The second kappa shape index (κ2) is 8.10. The molecule has 100 valence electrons. The van der Waals surface area contributed by atoms with Crippen molar-refractivity contribution in [2.75, 3.05) is 11.9 Å². The van der Waals surface area contributed by atoms with Gasteiger partial charge in [-0.15, -0.1) is 0 Å². The molecule has 0 aliphatic carbocycles. The van der Waals surface area contributed by atoms with E-state index in [4.69, 9.17) is 5.41 Å². The summed E-state index contributed by atoms with van der Waals surface area (Å²) in [6.07, 6.45) is -1.79. The number of nitro benzene ring substituents is 1. The van der Waals surface area contributed by atoms with E-state index in [1.807, 2.05) is 13.8 Å². The summed E-state index contributed by atoms with van der Waals surface area (Å²) < 4.78 is 23.9. The number of nitrogens with one attached hydrogen (secondary N) is 2. The highest BCUT2D eigenvalue weighted by molar-refractivity contribution is 5.91. The van der Waals surface area contributed by atoms with Crippen LogP contribution < -0.4 is 5.32 Å². The highest BCUT2D eigenvalue weighted by Crippen LogP contribution is 2.24. The van der Waals surface area contributed by atoms with E-state index in [1.54, 1.807) is 0 Å². The van der Waals surface area contributed by atoms with Crippen LogP contribution in [0.2, 0.25) is 0 Å². The molecule has 7 heteroatoms. The number of anilines is 1. The van der Waals surface area contributed by atoms with Crippen LogP contribution in [0.4, 0.5) is 20.2 Å². The molecule has 0 atom stereocenters. The van der Waals surface area contributed by atoms with Crippen LogP contribution in [-0.2, 0) is 0 Å². The summed E-state index contributed by atoms with van der Waals surface area (Å²) in [5.74, 6) is 0. The molecule has 0 spiro atoms. The topological polar surface area (TPSA) is 79.0 Å². The average molecular weight is 259 g/mol. The van der Waals surface area contributed by atoms with Gasteiger partial charge in [-0.05, 0) is 6.07 Å². The van der Waals surface area contributed by atoms with Gasteiger partial charge < -0.3 is 10.7 Å². The molecule has 1 aromatic carbocycles. The number of hydrogen-bond acceptors (Lipinski definition) is 4. The van der Waals surface area contributed by atoms with Crippen molar-refractivity contribution in [1.82, 2.24) is 0 Å². The number of halogens is 2. The number of hydrogen-bond donors (Lipinski definition) is 2. The van der Waals surface area contributed by atoms with Crippen molar-refractivity contribution in [3.63, 3.8) is 0 Å². The summed E-state index contributed by atoms with van der Waals surface area (Å²) in [6.45, 7) is 3.39. The Kier molecular flexibility index (Phi) is 7.18.